The first-order valence-electron chi connectivity index (χ1n) is 5.53. The van der Waals surface area contributed by atoms with Crippen molar-refractivity contribution >= 4 is 17.5 Å². The Morgan fingerprint density at radius 2 is 2.18 bits per heavy atom. The lowest BCUT2D eigenvalue weighted by atomic mass is 9.94. The quantitative estimate of drug-likeness (QED) is 0.760. The normalized spacial score (nSPS) is 22.4. The van der Waals surface area contributed by atoms with Gasteiger partial charge >= 0.3 is 0 Å². The van der Waals surface area contributed by atoms with E-state index in [4.69, 9.17) is 4.74 Å². The summed E-state index contributed by atoms with van der Waals surface area (Å²) >= 11 is 1.67. The number of Topliss-reactive ketones (excluding diaryl/α,β-unsaturated/α-hetero) is 1. The van der Waals surface area contributed by atoms with Crippen molar-refractivity contribution in [2.75, 3.05) is 7.11 Å². The molecule has 0 spiro atoms. The molecule has 1 aliphatic carbocycles. The molecule has 1 heterocycles. The van der Waals surface area contributed by atoms with Gasteiger partial charge in [0.15, 0.2) is 5.78 Å². The standard InChI is InChI=1S/C14H12O2S/c1-16-11-6-7-13-10(14(11)15)8-9-4-2-3-5-12(9)17-13/h2-7,11H,8H2,1H3. The zero-order valence-electron chi connectivity index (χ0n) is 9.47. The molecule has 86 valence electrons. The largest absolute Gasteiger partial charge is 0.369 e. The number of benzene rings is 1. The minimum absolute atomic E-state index is 0.104. The monoisotopic (exact) mass is 244 g/mol. The Hall–Kier alpha value is -1.32. The van der Waals surface area contributed by atoms with Gasteiger partial charge in [0, 0.05) is 28.9 Å². The van der Waals surface area contributed by atoms with Crippen molar-refractivity contribution < 1.29 is 9.53 Å². The van der Waals surface area contributed by atoms with E-state index in [1.165, 1.54) is 10.5 Å². The van der Waals surface area contributed by atoms with Crippen LogP contribution in [0, 0.1) is 0 Å². The van der Waals surface area contributed by atoms with E-state index in [2.05, 4.69) is 12.1 Å². The molecule has 2 aliphatic rings. The molecule has 0 amide bonds. The first kappa shape index (κ1) is 10.8. The highest BCUT2D eigenvalue weighted by Gasteiger charge is 2.29. The van der Waals surface area contributed by atoms with Crippen LogP contribution in [-0.4, -0.2) is 19.0 Å². The summed E-state index contributed by atoms with van der Waals surface area (Å²) in [4.78, 5) is 14.5. The summed E-state index contributed by atoms with van der Waals surface area (Å²) in [5.41, 5.74) is 2.12. The molecule has 2 nitrogen and oxygen atoms in total. The molecular weight excluding hydrogens is 232 g/mol. The minimum atomic E-state index is -0.403. The van der Waals surface area contributed by atoms with Gasteiger partial charge in [0.2, 0.25) is 0 Å². The van der Waals surface area contributed by atoms with Gasteiger partial charge in [0.1, 0.15) is 6.10 Å². The lowest BCUT2D eigenvalue weighted by molar-refractivity contribution is -0.122. The number of ketones is 1. The topological polar surface area (TPSA) is 26.3 Å². The fourth-order valence-electron chi connectivity index (χ4n) is 2.17. The zero-order chi connectivity index (χ0) is 11.8. The lowest BCUT2D eigenvalue weighted by Gasteiger charge is -2.25. The molecule has 3 rings (SSSR count). The first-order chi connectivity index (χ1) is 8.29. The Morgan fingerprint density at radius 1 is 1.35 bits per heavy atom. The van der Waals surface area contributed by atoms with Crippen LogP contribution in [-0.2, 0) is 16.0 Å². The summed E-state index contributed by atoms with van der Waals surface area (Å²) in [7, 11) is 1.57. The Balaban J connectivity index is 2.00. The zero-order valence-corrected chi connectivity index (χ0v) is 10.3. The molecule has 1 unspecified atom stereocenters. The van der Waals surface area contributed by atoms with Crippen LogP contribution in [0.3, 0.4) is 0 Å². The van der Waals surface area contributed by atoms with E-state index in [0.717, 1.165) is 16.9 Å². The van der Waals surface area contributed by atoms with Crippen molar-refractivity contribution in [2.45, 2.75) is 17.4 Å². The molecule has 1 atom stereocenters. The Kier molecular flexibility index (Phi) is 2.65. The van der Waals surface area contributed by atoms with Gasteiger partial charge in [-0.3, -0.25) is 4.79 Å². The third kappa shape index (κ3) is 1.75. The number of thioether (sulfide) groups is 1. The summed E-state index contributed by atoms with van der Waals surface area (Å²) in [5.74, 6) is 0.104. The molecular formula is C14H12O2S. The van der Waals surface area contributed by atoms with Crippen LogP contribution in [0.5, 0.6) is 0 Å². The third-order valence-electron chi connectivity index (χ3n) is 3.09. The summed E-state index contributed by atoms with van der Waals surface area (Å²) in [6, 6.07) is 8.23. The molecule has 0 fully saturated rings. The highest BCUT2D eigenvalue weighted by Crippen LogP contribution is 2.41. The van der Waals surface area contributed by atoms with Crippen molar-refractivity contribution in [2.24, 2.45) is 0 Å². The average molecular weight is 244 g/mol. The van der Waals surface area contributed by atoms with E-state index >= 15 is 0 Å². The molecule has 0 saturated heterocycles. The van der Waals surface area contributed by atoms with Crippen LogP contribution in [0.15, 0.2) is 51.8 Å². The smallest absolute Gasteiger partial charge is 0.192 e. The maximum atomic E-state index is 12.2. The van der Waals surface area contributed by atoms with Gasteiger partial charge in [-0.25, -0.2) is 0 Å². The van der Waals surface area contributed by atoms with Crippen LogP contribution in [0.4, 0.5) is 0 Å². The molecule has 0 radical (unpaired) electrons. The van der Waals surface area contributed by atoms with Crippen molar-refractivity contribution in [1.82, 2.24) is 0 Å². The second-order valence-electron chi connectivity index (χ2n) is 4.11. The number of carbonyl (C=O) groups is 1. The summed E-state index contributed by atoms with van der Waals surface area (Å²) in [6.45, 7) is 0. The van der Waals surface area contributed by atoms with Gasteiger partial charge in [0.05, 0.1) is 0 Å². The second kappa shape index (κ2) is 4.17. The van der Waals surface area contributed by atoms with Crippen LogP contribution in [0.2, 0.25) is 0 Å². The molecule has 3 heteroatoms. The molecule has 1 aromatic rings. The van der Waals surface area contributed by atoms with Crippen LogP contribution in [0.25, 0.3) is 0 Å². The maximum absolute atomic E-state index is 12.2. The van der Waals surface area contributed by atoms with Gasteiger partial charge in [-0.05, 0) is 23.8 Å². The summed E-state index contributed by atoms with van der Waals surface area (Å²) < 4.78 is 5.16. The van der Waals surface area contributed by atoms with Gasteiger partial charge in [-0.1, -0.05) is 30.0 Å². The predicted molar refractivity (Wildman–Crippen MR) is 68.0 cm³/mol. The fourth-order valence-corrected chi connectivity index (χ4v) is 3.27. The number of carbonyl (C=O) groups excluding carboxylic acids is 1. The molecule has 0 aromatic heterocycles. The van der Waals surface area contributed by atoms with E-state index in [0.29, 0.717) is 0 Å². The van der Waals surface area contributed by atoms with Crippen LogP contribution >= 0.6 is 11.8 Å². The van der Waals surface area contributed by atoms with E-state index in [1.807, 2.05) is 24.3 Å². The van der Waals surface area contributed by atoms with Crippen molar-refractivity contribution in [1.29, 1.82) is 0 Å². The van der Waals surface area contributed by atoms with E-state index in [1.54, 1.807) is 18.9 Å². The number of fused-ring (bicyclic) bond motifs is 1. The van der Waals surface area contributed by atoms with E-state index in [-0.39, 0.29) is 5.78 Å². The number of hydrogen-bond acceptors (Lipinski definition) is 3. The van der Waals surface area contributed by atoms with Crippen LogP contribution in [0.1, 0.15) is 5.56 Å². The number of methoxy groups -OCH3 is 1. The summed E-state index contributed by atoms with van der Waals surface area (Å²) in [5, 5.41) is 0. The molecule has 0 saturated carbocycles. The van der Waals surface area contributed by atoms with Crippen molar-refractivity contribution in [3.8, 4) is 0 Å². The number of allylic oxidation sites excluding steroid dienone is 1. The van der Waals surface area contributed by atoms with Gasteiger partial charge < -0.3 is 4.74 Å². The predicted octanol–water partition coefficient (Wildman–Crippen LogP) is 2.74. The Bertz CT molecular complexity index is 543. The molecule has 1 aromatic carbocycles. The Labute approximate surface area is 104 Å². The SMILES string of the molecule is COC1C=CC2=C(Cc3ccccc3S2)C1=O. The maximum Gasteiger partial charge on any atom is 0.192 e. The van der Waals surface area contributed by atoms with E-state index in [9.17, 15) is 4.79 Å². The third-order valence-corrected chi connectivity index (χ3v) is 4.31. The van der Waals surface area contributed by atoms with Crippen molar-refractivity contribution in [3.63, 3.8) is 0 Å². The molecule has 0 N–H and O–H groups in total. The van der Waals surface area contributed by atoms with E-state index < -0.39 is 6.10 Å². The highest BCUT2D eigenvalue weighted by atomic mass is 32.2. The van der Waals surface area contributed by atoms with Gasteiger partial charge in [0.25, 0.3) is 0 Å². The molecule has 0 bridgehead atoms. The first-order valence-corrected chi connectivity index (χ1v) is 6.35. The lowest BCUT2D eigenvalue weighted by Crippen LogP contribution is -2.27. The van der Waals surface area contributed by atoms with Gasteiger partial charge in [-0.2, -0.15) is 0 Å². The van der Waals surface area contributed by atoms with Gasteiger partial charge in [-0.15, -0.1) is 0 Å². The minimum Gasteiger partial charge on any atom is -0.369 e. The molecule has 17 heavy (non-hydrogen) atoms. The molecule has 1 aliphatic heterocycles. The fraction of sp³-hybridized carbons (Fsp3) is 0.214. The highest BCUT2D eigenvalue weighted by molar-refractivity contribution is 8.03. The second-order valence-corrected chi connectivity index (χ2v) is 5.19. The number of rotatable bonds is 1. The summed E-state index contributed by atoms with van der Waals surface area (Å²) in [6.07, 6.45) is 4.16. The Morgan fingerprint density at radius 3 is 3.00 bits per heavy atom. The van der Waals surface area contributed by atoms with Crippen molar-refractivity contribution in [3.05, 3.63) is 52.5 Å². The number of hydrogen-bond donors (Lipinski definition) is 0. The average Bonchev–Trinajstić information content (AvgIpc) is 2.37. The number of ether oxygens (including phenoxy) is 1. The van der Waals surface area contributed by atoms with Crippen LogP contribution < -0.4 is 0 Å².